The molecule has 0 spiro atoms. The molecule has 1 aliphatic carbocycles. The third kappa shape index (κ3) is 3.78. The highest BCUT2D eigenvalue weighted by molar-refractivity contribution is 4.84. The quantitative estimate of drug-likeness (QED) is 0.756. The smallest absolute Gasteiger partial charge is 0.151 e. The third-order valence-electron chi connectivity index (χ3n) is 3.38. The van der Waals surface area contributed by atoms with Gasteiger partial charge in [0.15, 0.2) is 5.82 Å². The van der Waals surface area contributed by atoms with Gasteiger partial charge in [0.2, 0.25) is 0 Å². The fourth-order valence-corrected chi connectivity index (χ4v) is 2.39. The van der Waals surface area contributed by atoms with Crippen molar-refractivity contribution in [2.24, 2.45) is 7.05 Å². The van der Waals surface area contributed by atoms with Crippen molar-refractivity contribution in [3.05, 3.63) is 12.2 Å². The Morgan fingerprint density at radius 2 is 2.24 bits per heavy atom. The van der Waals surface area contributed by atoms with Crippen molar-refractivity contribution in [3.63, 3.8) is 0 Å². The van der Waals surface area contributed by atoms with E-state index in [0.29, 0.717) is 0 Å². The normalized spacial score (nSPS) is 25.8. The minimum Gasteiger partial charge on any atom is -0.392 e. The van der Waals surface area contributed by atoms with Crippen LogP contribution in [0.4, 0.5) is 0 Å². The average Bonchev–Trinajstić information content (AvgIpc) is 2.61. The van der Waals surface area contributed by atoms with E-state index in [1.807, 2.05) is 7.05 Å². The third-order valence-corrected chi connectivity index (χ3v) is 3.38. The van der Waals surface area contributed by atoms with E-state index in [9.17, 15) is 5.11 Å². The van der Waals surface area contributed by atoms with E-state index in [1.165, 1.54) is 12.8 Å². The van der Waals surface area contributed by atoms with Gasteiger partial charge in [0.1, 0.15) is 6.33 Å². The number of hydrogen-bond donors (Lipinski definition) is 2. The van der Waals surface area contributed by atoms with Crippen molar-refractivity contribution >= 4 is 0 Å². The Morgan fingerprint density at radius 1 is 1.41 bits per heavy atom. The summed E-state index contributed by atoms with van der Waals surface area (Å²) in [5.41, 5.74) is 0. The Hall–Kier alpha value is -0.940. The summed E-state index contributed by atoms with van der Waals surface area (Å²) in [6.07, 6.45) is 7.99. The minimum atomic E-state index is -0.186. The van der Waals surface area contributed by atoms with Gasteiger partial charge in [-0.2, -0.15) is 5.10 Å². The lowest BCUT2D eigenvalue weighted by molar-refractivity contribution is 0.120. The number of aromatic nitrogens is 3. The van der Waals surface area contributed by atoms with Crippen LogP contribution in [-0.2, 0) is 13.5 Å². The van der Waals surface area contributed by atoms with Gasteiger partial charge in [0.25, 0.3) is 0 Å². The molecule has 0 bridgehead atoms. The maximum Gasteiger partial charge on any atom is 0.151 e. The number of nitrogens with one attached hydrogen (secondary N) is 1. The molecule has 0 saturated heterocycles. The Labute approximate surface area is 102 Å². The van der Waals surface area contributed by atoms with Gasteiger partial charge in [-0.05, 0) is 12.8 Å². The lowest BCUT2D eigenvalue weighted by atomic mass is 10.1. The molecule has 5 nitrogen and oxygen atoms in total. The Bertz CT molecular complexity index is 339. The molecule has 1 saturated carbocycles. The first kappa shape index (κ1) is 12.5. The zero-order valence-electron chi connectivity index (χ0n) is 10.5. The van der Waals surface area contributed by atoms with Crippen LogP contribution in [0, 0.1) is 0 Å². The molecule has 2 N–H and O–H groups in total. The van der Waals surface area contributed by atoms with Gasteiger partial charge < -0.3 is 10.4 Å². The molecule has 0 aromatic carbocycles. The van der Waals surface area contributed by atoms with Gasteiger partial charge >= 0.3 is 0 Å². The molecule has 2 rings (SSSR count). The van der Waals surface area contributed by atoms with Crippen LogP contribution in [0.1, 0.15) is 37.9 Å². The van der Waals surface area contributed by atoms with Crippen molar-refractivity contribution in [2.45, 2.75) is 50.7 Å². The van der Waals surface area contributed by atoms with Gasteiger partial charge in [-0.3, -0.25) is 4.68 Å². The van der Waals surface area contributed by atoms with Crippen LogP contribution in [0.2, 0.25) is 0 Å². The van der Waals surface area contributed by atoms with E-state index < -0.39 is 0 Å². The van der Waals surface area contributed by atoms with Crippen LogP contribution in [0.25, 0.3) is 0 Å². The summed E-state index contributed by atoms with van der Waals surface area (Å²) >= 11 is 0. The monoisotopic (exact) mass is 238 g/mol. The number of hydrogen-bond acceptors (Lipinski definition) is 4. The molecule has 1 aliphatic rings. The van der Waals surface area contributed by atoms with Crippen molar-refractivity contribution < 1.29 is 5.11 Å². The first-order valence-electron chi connectivity index (χ1n) is 6.51. The fraction of sp³-hybridized carbons (Fsp3) is 0.833. The second kappa shape index (κ2) is 6.12. The molecule has 2 unspecified atom stereocenters. The molecule has 0 aliphatic heterocycles. The van der Waals surface area contributed by atoms with Crippen LogP contribution in [0.5, 0.6) is 0 Å². The maximum absolute atomic E-state index is 9.95. The topological polar surface area (TPSA) is 63.0 Å². The number of aliphatic hydroxyl groups is 1. The van der Waals surface area contributed by atoms with E-state index in [1.54, 1.807) is 11.0 Å². The molecule has 17 heavy (non-hydrogen) atoms. The number of aryl methyl sites for hydroxylation is 1. The van der Waals surface area contributed by atoms with Crippen molar-refractivity contribution in [1.29, 1.82) is 0 Å². The maximum atomic E-state index is 9.95. The van der Waals surface area contributed by atoms with Crippen LogP contribution in [-0.4, -0.2) is 38.6 Å². The zero-order valence-corrected chi connectivity index (χ0v) is 10.5. The van der Waals surface area contributed by atoms with E-state index in [-0.39, 0.29) is 12.1 Å². The van der Waals surface area contributed by atoms with E-state index in [2.05, 4.69) is 15.4 Å². The van der Waals surface area contributed by atoms with Gasteiger partial charge in [0, 0.05) is 26.1 Å². The highest BCUT2D eigenvalue weighted by Crippen LogP contribution is 2.17. The van der Waals surface area contributed by atoms with Crippen LogP contribution in [0.15, 0.2) is 6.33 Å². The Morgan fingerprint density at radius 3 is 3.00 bits per heavy atom. The lowest BCUT2D eigenvalue weighted by Crippen LogP contribution is -2.40. The van der Waals surface area contributed by atoms with E-state index in [4.69, 9.17) is 0 Å². The summed E-state index contributed by atoms with van der Waals surface area (Å²) in [5, 5.41) is 17.6. The highest BCUT2D eigenvalue weighted by atomic mass is 16.3. The van der Waals surface area contributed by atoms with Gasteiger partial charge in [-0.1, -0.05) is 19.3 Å². The second-order valence-electron chi connectivity index (χ2n) is 4.85. The predicted octanol–water partition coefficient (Wildman–Crippen LogP) is 0.641. The second-order valence-corrected chi connectivity index (χ2v) is 4.85. The first-order chi connectivity index (χ1) is 8.25. The standard InChI is InChI=1S/C12H22N4O/c1-16-9-14-12(15-16)7-8-13-10-5-3-2-4-6-11(10)17/h9-11,13,17H,2-8H2,1H3. The molecule has 1 aromatic heterocycles. The molecule has 5 heteroatoms. The van der Waals surface area contributed by atoms with Crippen LogP contribution in [0.3, 0.4) is 0 Å². The van der Waals surface area contributed by atoms with E-state index in [0.717, 1.165) is 38.1 Å². The molecular weight excluding hydrogens is 216 g/mol. The molecule has 1 fully saturated rings. The molecule has 0 radical (unpaired) electrons. The zero-order chi connectivity index (χ0) is 12.1. The minimum absolute atomic E-state index is 0.186. The molecule has 0 amide bonds. The molecule has 96 valence electrons. The van der Waals surface area contributed by atoms with Crippen molar-refractivity contribution in [2.75, 3.05) is 6.54 Å². The summed E-state index contributed by atoms with van der Waals surface area (Å²) in [7, 11) is 1.87. The highest BCUT2D eigenvalue weighted by Gasteiger charge is 2.20. The number of aliphatic hydroxyl groups excluding tert-OH is 1. The van der Waals surface area contributed by atoms with Gasteiger partial charge in [-0.25, -0.2) is 4.98 Å². The van der Waals surface area contributed by atoms with Crippen LogP contribution >= 0.6 is 0 Å². The van der Waals surface area contributed by atoms with Gasteiger partial charge in [-0.15, -0.1) is 0 Å². The summed E-state index contributed by atoms with van der Waals surface area (Å²) in [4.78, 5) is 4.19. The van der Waals surface area contributed by atoms with Gasteiger partial charge in [0.05, 0.1) is 6.10 Å². The van der Waals surface area contributed by atoms with Crippen LogP contribution < -0.4 is 5.32 Å². The summed E-state index contributed by atoms with van der Waals surface area (Å²) < 4.78 is 1.72. The molecule has 1 heterocycles. The summed E-state index contributed by atoms with van der Waals surface area (Å²) in [5.74, 6) is 0.864. The predicted molar refractivity (Wildman–Crippen MR) is 65.6 cm³/mol. The average molecular weight is 238 g/mol. The molecule has 1 aromatic rings. The van der Waals surface area contributed by atoms with Crippen molar-refractivity contribution in [1.82, 2.24) is 20.1 Å². The van der Waals surface area contributed by atoms with Crippen molar-refractivity contribution in [3.8, 4) is 0 Å². The largest absolute Gasteiger partial charge is 0.392 e. The lowest BCUT2D eigenvalue weighted by Gasteiger charge is -2.21. The van der Waals surface area contributed by atoms with E-state index >= 15 is 0 Å². The number of nitrogens with zero attached hydrogens (tertiary/aromatic N) is 3. The first-order valence-corrected chi connectivity index (χ1v) is 6.51. The molecular formula is C12H22N4O. The summed E-state index contributed by atoms with van der Waals surface area (Å²) in [6, 6.07) is 0.251. The number of rotatable bonds is 4. The Kier molecular flexibility index (Phi) is 4.50. The molecule has 2 atom stereocenters. The summed E-state index contributed by atoms with van der Waals surface area (Å²) in [6.45, 7) is 0.839. The SMILES string of the molecule is Cn1cnc(CCNC2CCCCCC2O)n1. The Balaban J connectivity index is 1.73. The fourth-order valence-electron chi connectivity index (χ4n) is 2.39.